The van der Waals surface area contributed by atoms with E-state index in [1.54, 1.807) is 12.3 Å². The minimum absolute atomic E-state index is 0.300. The molecule has 3 N–H and O–H groups in total. The van der Waals surface area contributed by atoms with Crippen molar-refractivity contribution in [2.75, 3.05) is 5.32 Å². The van der Waals surface area contributed by atoms with Crippen LogP contribution in [-0.2, 0) is 6.54 Å². The first-order chi connectivity index (χ1) is 8.66. The molecule has 0 saturated heterocycles. The van der Waals surface area contributed by atoms with E-state index in [1.807, 2.05) is 25.3 Å². The van der Waals surface area contributed by atoms with Crippen molar-refractivity contribution >= 4 is 23.0 Å². The Labute approximate surface area is 110 Å². The molecule has 0 aliphatic heterocycles. The molecule has 18 heavy (non-hydrogen) atoms. The van der Waals surface area contributed by atoms with Gasteiger partial charge in [0.2, 0.25) is 0 Å². The molecule has 0 fully saturated rings. The predicted octanol–water partition coefficient (Wildman–Crippen LogP) is 1.43. The summed E-state index contributed by atoms with van der Waals surface area (Å²) in [6.07, 6.45) is 3.38. The van der Waals surface area contributed by atoms with E-state index in [2.05, 4.69) is 20.5 Å². The molecule has 0 bridgehead atoms. The van der Waals surface area contributed by atoms with Crippen LogP contribution in [0, 0.1) is 6.92 Å². The summed E-state index contributed by atoms with van der Waals surface area (Å²) < 4.78 is 0. The van der Waals surface area contributed by atoms with Crippen molar-refractivity contribution < 1.29 is 0 Å². The van der Waals surface area contributed by atoms with Gasteiger partial charge in [-0.15, -0.1) is 5.10 Å². The molecule has 2 heterocycles. The van der Waals surface area contributed by atoms with Crippen molar-refractivity contribution in [1.29, 1.82) is 0 Å². The van der Waals surface area contributed by atoms with Crippen molar-refractivity contribution in [1.82, 2.24) is 15.2 Å². The molecule has 0 radical (unpaired) electrons. The molecule has 0 unspecified atom stereocenters. The highest BCUT2D eigenvalue weighted by Crippen LogP contribution is 2.11. The van der Waals surface area contributed by atoms with Crippen LogP contribution in [0.5, 0.6) is 0 Å². The minimum atomic E-state index is 0.300. The Balaban J connectivity index is 2.10. The molecule has 0 spiro atoms. The van der Waals surface area contributed by atoms with Gasteiger partial charge in [-0.25, -0.2) is 0 Å². The van der Waals surface area contributed by atoms with Gasteiger partial charge in [0.25, 0.3) is 0 Å². The third-order valence-corrected chi connectivity index (χ3v) is 2.64. The Morgan fingerprint density at radius 2 is 2.22 bits per heavy atom. The van der Waals surface area contributed by atoms with Gasteiger partial charge in [0.1, 0.15) is 4.99 Å². The Kier molecular flexibility index (Phi) is 3.78. The van der Waals surface area contributed by atoms with Crippen LogP contribution in [0.3, 0.4) is 0 Å². The van der Waals surface area contributed by atoms with Crippen LogP contribution < -0.4 is 11.1 Å². The van der Waals surface area contributed by atoms with Gasteiger partial charge in [-0.1, -0.05) is 18.3 Å². The summed E-state index contributed by atoms with van der Waals surface area (Å²) in [6, 6.07) is 5.71. The Hall–Kier alpha value is -2.08. The van der Waals surface area contributed by atoms with E-state index in [4.69, 9.17) is 18.0 Å². The number of nitrogens with zero attached hydrogens (tertiary/aromatic N) is 3. The third-order valence-electron chi connectivity index (χ3n) is 2.42. The largest absolute Gasteiger partial charge is 0.389 e. The Bertz CT molecular complexity index is 553. The lowest BCUT2D eigenvalue weighted by atomic mass is 10.2. The van der Waals surface area contributed by atoms with Crippen molar-refractivity contribution in [2.24, 2.45) is 5.73 Å². The van der Waals surface area contributed by atoms with Crippen LogP contribution in [0.25, 0.3) is 0 Å². The third kappa shape index (κ3) is 2.98. The number of anilines is 1. The van der Waals surface area contributed by atoms with Gasteiger partial charge < -0.3 is 11.1 Å². The molecule has 2 rings (SSSR count). The Morgan fingerprint density at radius 1 is 1.39 bits per heavy atom. The lowest BCUT2D eigenvalue weighted by molar-refractivity contribution is 0.990. The lowest BCUT2D eigenvalue weighted by Gasteiger charge is -2.08. The molecule has 2 aromatic heterocycles. The van der Waals surface area contributed by atoms with Gasteiger partial charge >= 0.3 is 0 Å². The van der Waals surface area contributed by atoms with E-state index >= 15 is 0 Å². The molecule has 0 atom stereocenters. The topological polar surface area (TPSA) is 76.7 Å². The number of hydrogen-bond acceptors (Lipinski definition) is 5. The van der Waals surface area contributed by atoms with Gasteiger partial charge in [-0.05, 0) is 24.6 Å². The summed E-state index contributed by atoms with van der Waals surface area (Å²) in [6.45, 7) is 2.55. The summed E-state index contributed by atoms with van der Waals surface area (Å²) in [5.74, 6) is 0.588. The molecular weight excluding hydrogens is 246 g/mol. The quantitative estimate of drug-likeness (QED) is 0.809. The van der Waals surface area contributed by atoms with Gasteiger partial charge in [0.15, 0.2) is 5.82 Å². The van der Waals surface area contributed by atoms with Crippen LogP contribution in [0.4, 0.5) is 5.82 Å². The number of thiocarbonyl (C=S) groups is 1. The van der Waals surface area contributed by atoms with E-state index < -0.39 is 0 Å². The van der Waals surface area contributed by atoms with Crippen molar-refractivity contribution in [3.8, 4) is 0 Å². The fraction of sp³-hybridized carbons (Fsp3) is 0.167. The average molecular weight is 259 g/mol. The highest BCUT2D eigenvalue weighted by Gasteiger charge is 2.06. The van der Waals surface area contributed by atoms with Crippen LogP contribution in [-0.4, -0.2) is 20.2 Å². The molecule has 5 nitrogen and oxygen atoms in total. The number of aromatic nitrogens is 3. The first-order valence-electron chi connectivity index (χ1n) is 5.43. The molecule has 2 aromatic rings. The molecule has 92 valence electrons. The minimum Gasteiger partial charge on any atom is -0.389 e. The standard InChI is InChI=1S/C12H13N5S/c1-8-2-3-9(6-14-8)7-15-12-10(11(13)18)4-5-16-17-12/h2-6H,7H2,1H3,(H2,13,18)(H,15,17). The summed E-state index contributed by atoms with van der Waals surface area (Å²) in [4.78, 5) is 4.52. The molecule has 0 saturated carbocycles. The highest BCUT2D eigenvalue weighted by molar-refractivity contribution is 7.80. The van der Waals surface area contributed by atoms with Crippen LogP contribution in [0.2, 0.25) is 0 Å². The van der Waals surface area contributed by atoms with Gasteiger partial charge in [-0.3, -0.25) is 4.98 Å². The normalized spacial score (nSPS) is 10.1. The zero-order valence-corrected chi connectivity index (χ0v) is 10.7. The molecule has 6 heteroatoms. The Morgan fingerprint density at radius 3 is 2.89 bits per heavy atom. The van der Waals surface area contributed by atoms with E-state index in [-0.39, 0.29) is 0 Å². The van der Waals surface area contributed by atoms with Gasteiger partial charge in [0.05, 0.1) is 11.8 Å². The van der Waals surface area contributed by atoms with Gasteiger partial charge in [-0.2, -0.15) is 5.10 Å². The number of rotatable bonds is 4. The summed E-state index contributed by atoms with van der Waals surface area (Å²) in [5, 5.41) is 10.9. The van der Waals surface area contributed by atoms with Crippen molar-refractivity contribution in [2.45, 2.75) is 13.5 Å². The predicted molar refractivity (Wildman–Crippen MR) is 74.2 cm³/mol. The number of pyridine rings is 1. The van der Waals surface area contributed by atoms with Gasteiger partial charge in [0, 0.05) is 18.4 Å². The monoisotopic (exact) mass is 259 g/mol. The van der Waals surface area contributed by atoms with E-state index in [0.29, 0.717) is 22.9 Å². The zero-order chi connectivity index (χ0) is 13.0. The smallest absolute Gasteiger partial charge is 0.159 e. The molecule has 0 aromatic carbocycles. The number of nitrogens with one attached hydrogen (secondary N) is 1. The van der Waals surface area contributed by atoms with Crippen LogP contribution in [0.1, 0.15) is 16.8 Å². The van der Waals surface area contributed by atoms with Crippen LogP contribution >= 0.6 is 12.2 Å². The second-order valence-corrected chi connectivity index (χ2v) is 4.26. The number of hydrogen-bond donors (Lipinski definition) is 2. The maximum Gasteiger partial charge on any atom is 0.159 e. The first-order valence-corrected chi connectivity index (χ1v) is 5.84. The average Bonchev–Trinajstić information content (AvgIpc) is 2.38. The molecule has 0 amide bonds. The van der Waals surface area contributed by atoms with E-state index in [0.717, 1.165) is 11.3 Å². The highest BCUT2D eigenvalue weighted by atomic mass is 32.1. The first kappa shape index (κ1) is 12.4. The van der Waals surface area contributed by atoms with E-state index in [9.17, 15) is 0 Å². The lowest BCUT2D eigenvalue weighted by Crippen LogP contribution is -2.15. The second kappa shape index (κ2) is 5.50. The maximum atomic E-state index is 5.61. The van der Waals surface area contributed by atoms with Crippen molar-refractivity contribution in [3.63, 3.8) is 0 Å². The number of nitrogens with two attached hydrogens (primary N) is 1. The van der Waals surface area contributed by atoms with Crippen LogP contribution in [0.15, 0.2) is 30.6 Å². The molecule has 0 aliphatic carbocycles. The summed E-state index contributed by atoms with van der Waals surface area (Å²) in [7, 11) is 0. The second-order valence-electron chi connectivity index (χ2n) is 3.82. The van der Waals surface area contributed by atoms with Crippen molar-refractivity contribution in [3.05, 3.63) is 47.4 Å². The summed E-state index contributed by atoms with van der Waals surface area (Å²) >= 11 is 4.96. The van der Waals surface area contributed by atoms with E-state index in [1.165, 1.54) is 0 Å². The maximum absolute atomic E-state index is 5.61. The molecule has 0 aliphatic rings. The fourth-order valence-electron chi connectivity index (χ4n) is 1.45. The number of aryl methyl sites for hydroxylation is 1. The zero-order valence-electron chi connectivity index (χ0n) is 9.92. The fourth-order valence-corrected chi connectivity index (χ4v) is 1.61. The summed E-state index contributed by atoms with van der Waals surface area (Å²) in [5.41, 5.74) is 8.35. The SMILES string of the molecule is Cc1ccc(CNc2nnccc2C(N)=S)cn1. The molecular formula is C12H13N5S.